The Bertz CT molecular complexity index is 636. The Morgan fingerprint density at radius 2 is 1.85 bits per heavy atom. The van der Waals surface area contributed by atoms with Gasteiger partial charge in [0, 0.05) is 23.9 Å². The van der Waals surface area contributed by atoms with E-state index in [0.717, 1.165) is 25.8 Å². The van der Waals surface area contributed by atoms with Crippen molar-refractivity contribution in [3.8, 4) is 0 Å². The van der Waals surface area contributed by atoms with Crippen LogP contribution in [0.15, 0.2) is 0 Å². The average Bonchev–Trinajstić information content (AvgIpc) is 3.20. The molecule has 0 radical (unpaired) electrons. The molecule has 0 aromatic carbocycles. The number of esters is 2. The van der Waals surface area contributed by atoms with Crippen LogP contribution in [0.25, 0.3) is 0 Å². The zero-order valence-electron chi connectivity index (χ0n) is 16.8. The Morgan fingerprint density at radius 1 is 1.04 bits per heavy atom. The molecule has 5 nitrogen and oxygen atoms in total. The molecular weight excluding hydrogens is 342 g/mol. The highest BCUT2D eigenvalue weighted by atomic mass is 16.6. The molecule has 5 aliphatic rings. The summed E-state index contributed by atoms with van der Waals surface area (Å²) >= 11 is 0. The highest BCUT2D eigenvalue weighted by molar-refractivity contribution is 5.75. The summed E-state index contributed by atoms with van der Waals surface area (Å²) in [5.41, 5.74) is 0. The first-order valence-electron chi connectivity index (χ1n) is 11.2. The summed E-state index contributed by atoms with van der Waals surface area (Å²) in [7, 11) is 0. The van der Waals surface area contributed by atoms with E-state index < -0.39 is 0 Å². The Labute approximate surface area is 162 Å². The summed E-state index contributed by atoms with van der Waals surface area (Å²) in [6, 6.07) is 0.865. The van der Waals surface area contributed by atoms with Gasteiger partial charge >= 0.3 is 11.9 Å². The van der Waals surface area contributed by atoms with Crippen molar-refractivity contribution in [2.24, 2.45) is 35.5 Å². The molecule has 0 amide bonds. The van der Waals surface area contributed by atoms with Crippen molar-refractivity contribution in [1.82, 2.24) is 4.90 Å². The molecule has 5 rings (SSSR count). The van der Waals surface area contributed by atoms with Crippen LogP contribution in [0, 0.1) is 35.5 Å². The number of carbonyl (C=O) groups is 2. The second kappa shape index (κ2) is 6.47. The Balaban J connectivity index is 1.51. The van der Waals surface area contributed by atoms with E-state index in [1.54, 1.807) is 0 Å². The molecule has 10 atom stereocenters. The summed E-state index contributed by atoms with van der Waals surface area (Å²) in [5, 5.41) is 0. The van der Waals surface area contributed by atoms with Gasteiger partial charge in [-0.15, -0.1) is 0 Å². The van der Waals surface area contributed by atoms with Crippen molar-refractivity contribution >= 4 is 11.9 Å². The lowest BCUT2D eigenvalue weighted by molar-refractivity contribution is -0.148. The summed E-state index contributed by atoms with van der Waals surface area (Å²) in [5.74, 6) is 1.94. The van der Waals surface area contributed by atoms with Crippen molar-refractivity contribution < 1.29 is 19.1 Å². The minimum atomic E-state index is -0.0294. The van der Waals surface area contributed by atoms with Crippen molar-refractivity contribution in [3.05, 3.63) is 0 Å². The molecule has 3 unspecified atom stereocenters. The van der Waals surface area contributed by atoms with Gasteiger partial charge in [-0.05, 0) is 50.5 Å². The van der Waals surface area contributed by atoms with E-state index in [2.05, 4.69) is 18.7 Å². The third-order valence-corrected chi connectivity index (χ3v) is 8.61. The van der Waals surface area contributed by atoms with Crippen LogP contribution in [-0.2, 0) is 19.1 Å². The Hall–Kier alpha value is -1.10. The zero-order valence-corrected chi connectivity index (χ0v) is 16.8. The smallest absolute Gasteiger partial charge is 0.309 e. The first kappa shape index (κ1) is 18.0. The van der Waals surface area contributed by atoms with E-state index >= 15 is 0 Å². The third kappa shape index (κ3) is 2.53. The molecule has 5 fully saturated rings. The summed E-state index contributed by atoms with van der Waals surface area (Å²) in [6.45, 7) is 7.44. The topological polar surface area (TPSA) is 55.8 Å². The second-order valence-corrected chi connectivity index (χ2v) is 9.81. The maximum atomic E-state index is 12.5. The number of ether oxygens (including phenoxy) is 2. The van der Waals surface area contributed by atoms with Crippen LogP contribution in [0.1, 0.15) is 59.3 Å². The van der Waals surface area contributed by atoms with E-state index in [1.165, 1.54) is 19.3 Å². The molecule has 4 saturated heterocycles. The van der Waals surface area contributed by atoms with Crippen molar-refractivity contribution in [3.63, 3.8) is 0 Å². The normalized spacial score (nSPS) is 52.1. The van der Waals surface area contributed by atoms with Crippen LogP contribution in [0.4, 0.5) is 0 Å². The second-order valence-electron chi connectivity index (χ2n) is 9.81. The molecule has 0 aromatic rings. The largest absolute Gasteiger partial charge is 0.462 e. The lowest BCUT2D eigenvalue weighted by Gasteiger charge is -2.48. The maximum Gasteiger partial charge on any atom is 0.309 e. The van der Waals surface area contributed by atoms with Crippen molar-refractivity contribution in [1.29, 1.82) is 0 Å². The quantitative estimate of drug-likeness (QED) is 0.695. The fourth-order valence-electron chi connectivity index (χ4n) is 7.48. The average molecular weight is 376 g/mol. The number of rotatable bonds is 2. The zero-order chi connectivity index (χ0) is 18.9. The van der Waals surface area contributed by atoms with Gasteiger partial charge in [0.15, 0.2) is 0 Å². The number of cyclic esters (lactones) is 1. The summed E-state index contributed by atoms with van der Waals surface area (Å²) < 4.78 is 11.8. The van der Waals surface area contributed by atoms with Crippen LogP contribution < -0.4 is 0 Å². The molecule has 1 aliphatic carbocycles. The number of hydrogen-bond donors (Lipinski definition) is 0. The van der Waals surface area contributed by atoms with Gasteiger partial charge in [-0.1, -0.05) is 27.2 Å². The van der Waals surface area contributed by atoms with Gasteiger partial charge in [0.2, 0.25) is 0 Å². The molecular formula is C22H33NO4. The molecule has 0 N–H and O–H groups in total. The van der Waals surface area contributed by atoms with Crippen LogP contribution in [-0.4, -0.2) is 47.7 Å². The van der Waals surface area contributed by atoms with E-state index in [-0.39, 0.29) is 36.0 Å². The minimum Gasteiger partial charge on any atom is -0.462 e. The number of carbonyl (C=O) groups excluding carboxylic acids is 2. The van der Waals surface area contributed by atoms with Gasteiger partial charge in [-0.2, -0.15) is 0 Å². The van der Waals surface area contributed by atoms with Crippen LogP contribution in [0.2, 0.25) is 0 Å². The minimum absolute atomic E-state index is 0.00362. The first-order valence-corrected chi connectivity index (χ1v) is 11.2. The van der Waals surface area contributed by atoms with Gasteiger partial charge < -0.3 is 9.47 Å². The highest BCUT2D eigenvalue weighted by Gasteiger charge is 2.63. The molecule has 27 heavy (non-hydrogen) atoms. The van der Waals surface area contributed by atoms with E-state index in [4.69, 9.17) is 9.47 Å². The van der Waals surface area contributed by atoms with Gasteiger partial charge in [-0.3, -0.25) is 14.5 Å². The molecule has 150 valence electrons. The van der Waals surface area contributed by atoms with E-state index in [0.29, 0.717) is 35.8 Å². The molecule has 0 spiro atoms. The van der Waals surface area contributed by atoms with Crippen LogP contribution >= 0.6 is 0 Å². The highest BCUT2D eigenvalue weighted by Crippen LogP contribution is 2.57. The van der Waals surface area contributed by atoms with Gasteiger partial charge in [0.25, 0.3) is 0 Å². The molecule has 0 bridgehead atoms. The predicted octanol–water partition coefficient (Wildman–Crippen LogP) is 3.01. The molecule has 5 heteroatoms. The third-order valence-electron chi connectivity index (χ3n) is 8.61. The monoisotopic (exact) mass is 375 g/mol. The van der Waals surface area contributed by atoms with Crippen LogP contribution in [0.5, 0.6) is 0 Å². The van der Waals surface area contributed by atoms with Crippen LogP contribution in [0.3, 0.4) is 0 Å². The predicted molar refractivity (Wildman–Crippen MR) is 99.7 cm³/mol. The van der Waals surface area contributed by atoms with E-state index in [1.807, 2.05) is 6.92 Å². The van der Waals surface area contributed by atoms with Gasteiger partial charge in [-0.25, -0.2) is 0 Å². The number of nitrogens with zero attached hydrogens (tertiary/aromatic N) is 1. The molecule has 1 saturated carbocycles. The summed E-state index contributed by atoms with van der Waals surface area (Å²) in [4.78, 5) is 27.3. The van der Waals surface area contributed by atoms with E-state index in [9.17, 15) is 9.59 Å². The standard InChI is InChI=1S/C22H33NO4/c1-4-13-14-7-5-6-8-23-16(17-9-11(2)21(24)26-17)10-15(19(14)23)18-12(3)22(25)27-20(13)18/h11-20H,4-10H2,1-3H3/t11?,12?,13?,14-,15+,16+,17+,18+,19-,20-/m1/s1. The fourth-order valence-corrected chi connectivity index (χ4v) is 7.48. The SMILES string of the molecule is CCC1[C@H]2CCCCN3[C@H]2[C@@H](C[C@H]3[C@@H]2CC(C)C(=O)O2)[C@@H]2C(C)C(=O)O[C@H]12. The Kier molecular flexibility index (Phi) is 4.30. The maximum absolute atomic E-state index is 12.5. The van der Waals surface area contributed by atoms with Crippen molar-refractivity contribution in [2.45, 2.75) is 83.6 Å². The fraction of sp³-hybridized carbons (Fsp3) is 0.909. The first-order chi connectivity index (χ1) is 13.0. The molecule has 4 aliphatic heterocycles. The summed E-state index contributed by atoms with van der Waals surface area (Å²) in [6.07, 6.45) is 6.87. The lowest BCUT2D eigenvalue weighted by atomic mass is 9.60. The lowest BCUT2D eigenvalue weighted by Crippen LogP contribution is -2.54. The van der Waals surface area contributed by atoms with Gasteiger partial charge in [0.05, 0.1) is 11.8 Å². The van der Waals surface area contributed by atoms with Crippen molar-refractivity contribution in [2.75, 3.05) is 6.54 Å². The number of hydrogen-bond acceptors (Lipinski definition) is 5. The van der Waals surface area contributed by atoms with Gasteiger partial charge in [0.1, 0.15) is 12.2 Å². The Morgan fingerprint density at radius 3 is 2.56 bits per heavy atom. The molecule has 0 aromatic heterocycles. The molecule has 4 heterocycles. The number of fused-ring (bicyclic) bond motifs is 2.